The summed E-state index contributed by atoms with van der Waals surface area (Å²) in [5, 5.41) is 13.3. The maximum Gasteiger partial charge on any atom is 0.276 e. The number of nitrogens with zero attached hydrogens (tertiary/aromatic N) is 2. The zero-order chi connectivity index (χ0) is 13.9. The second-order valence-corrected chi connectivity index (χ2v) is 6.35. The van der Waals surface area contributed by atoms with Gasteiger partial charge in [0.05, 0.1) is 6.04 Å². The molecule has 1 aliphatic heterocycles. The molecule has 4 nitrogen and oxygen atoms in total. The smallest absolute Gasteiger partial charge is 0.276 e. The average Bonchev–Trinajstić information content (AvgIpc) is 3.08. The Labute approximate surface area is 143 Å². The molecule has 0 saturated carbocycles. The summed E-state index contributed by atoms with van der Waals surface area (Å²) < 4.78 is 5.66. The van der Waals surface area contributed by atoms with Gasteiger partial charge in [0.25, 0.3) is 5.22 Å². The van der Waals surface area contributed by atoms with Gasteiger partial charge in [-0.2, -0.15) is 0 Å². The number of thioether (sulfide) groups is 1. The van der Waals surface area contributed by atoms with Crippen LogP contribution >= 0.6 is 35.0 Å². The van der Waals surface area contributed by atoms with Gasteiger partial charge in [-0.15, -0.1) is 10.2 Å². The molecule has 1 aliphatic rings. The van der Waals surface area contributed by atoms with Crippen LogP contribution in [0.5, 0.6) is 0 Å². The zero-order valence-electron chi connectivity index (χ0n) is 11.0. The highest BCUT2D eigenvalue weighted by Gasteiger charge is 2.22. The minimum atomic E-state index is 0. The summed E-state index contributed by atoms with van der Waals surface area (Å²) in [5.41, 5.74) is 1.000. The van der Waals surface area contributed by atoms with Crippen LogP contribution in [0.4, 0.5) is 0 Å². The minimum Gasteiger partial charge on any atom is -1.00 e. The Morgan fingerprint density at radius 2 is 2.19 bits per heavy atom. The van der Waals surface area contributed by atoms with Gasteiger partial charge < -0.3 is 22.1 Å². The van der Waals surface area contributed by atoms with Gasteiger partial charge in [0, 0.05) is 15.8 Å². The van der Waals surface area contributed by atoms with E-state index in [0.29, 0.717) is 26.9 Å². The lowest BCUT2D eigenvalue weighted by molar-refractivity contribution is -0.00000450. The first-order valence-electron chi connectivity index (χ1n) is 6.36. The summed E-state index contributed by atoms with van der Waals surface area (Å²) in [6, 6.07) is 5.68. The van der Waals surface area contributed by atoms with Crippen molar-refractivity contribution in [3.63, 3.8) is 0 Å². The third-order valence-corrected chi connectivity index (χ3v) is 4.60. The predicted molar refractivity (Wildman–Crippen MR) is 80.3 cm³/mol. The van der Waals surface area contributed by atoms with Crippen LogP contribution in [0.2, 0.25) is 10.0 Å². The Bertz CT molecular complexity index is 602. The Balaban J connectivity index is 0.00000161. The molecule has 2 heterocycles. The lowest BCUT2D eigenvalue weighted by atomic mass is 10.2. The molecule has 0 amide bonds. The van der Waals surface area contributed by atoms with Gasteiger partial charge in [-0.1, -0.05) is 41.0 Å². The zero-order valence-corrected chi connectivity index (χ0v) is 14.1. The van der Waals surface area contributed by atoms with Crippen molar-refractivity contribution in [3.8, 4) is 0 Å². The lowest BCUT2D eigenvalue weighted by Gasteiger charge is -2.03. The van der Waals surface area contributed by atoms with E-state index in [2.05, 4.69) is 15.5 Å². The number of aromatic nitrogens is 2. The van der Waals surface area contributed by atoms with Gasteiger partial charge in [-0.25, -0.2) is 0 Å². The maximum absolute atomic E-state index is 6.13. The number of hydrogen-bond acceptors (Lipinski definition) is 5. The van der Waals surface area contributed by atoms with Crippen molar-refractivity contribution in [1.29, 1.82) is 0 Å². The number of rotatable bonds is 4. The maximum atomic E-state index is 6.13. The molecule has 0 bridgehead atoms. The summed E-state index contributed by atoms with van der Waals surface area (Å²) in [4.78, 5) is 0. The summed E-state index contributed by atoms with van der Waals surface area (Å²) in [5.74, 6) is 1.35. The molecular formula is C13H13Cl3N3OS-. The molecule has 114 valence electrons. The largest absolute Gasteiger partial charge is 1.00 e. The molecule has 0 unspecified atom stereocenters. The predicted octanol–water partition coefficient (Wildman–Crippen LogP) is 1.10. The first kappa shape index (κ1) is 16.9. The Morgan fingerprint density at radius 1 is 1.33 bits per heavy atom. The van der Waals surface area contributed by atoms with Crippen LogP contribution in [0.25, 0.3) is 0 Å². The fourth-order valence-electron chi connectivity index (χ4n) is 2.09. The van der Waals surface area contributed by atoms with E-state index < -0.39 is 0 Å². The van der Waals surface area contributed by atoms with E-state index in [1.807, 2.05) is 12.1 Å². The molecule has 0 spiro atoms. The van der Waals surface area contributed by atoms with Crippen LogP contribution < -0.4 is 17.7 Å². The number of nitrogens with one attached hydrogen (secondary N) is 1. The lowest BCUT2D eigenvalue weighted by Crippen LogP contribution is -3.00. The van der Waals surface area contributed by atoms with Crippen molar-refractivity contribution >= 4 is 35.0 Å². The topological polar surface area (TPSA) is 51.0 Å². The minimum absolute atomic E-state index is 0. The third kappa shape index (κ3) is 4.27. The molecule has 0 aliphatic carbocycles. The molecular weight excluding hydrogens is 353 g/mol. The monoisotopic (exact) mass is 364 g/mol. The van der Waals surface area contributed by atoms with E-state index in [1.165, 1.54) is 11.8 Å². The van der Waals surface area contributed by atoms with E-state index in [4.69, 9.17) is 27.6 Å². The van der Waals surface area contributed by atoms with Gasteiger partial charge >= 0.3 is 0 Å². The quantitative estimate of drug-likeness (QED) is 0.822. The van der Waals surface area contributed by atoms with Gasteiger partial charge in [0.15, 0.2) is 0 Å². The Morgan fingerprint density at radius 3 is 2.90 bits per heavy atom. The first-order chi connectivity index (χ1) is 9.72. The van der Waals surface area contributed by atoms with E-state index in [0.717, 1.165) is 24.9 Å². The fraction of sp³-hybridized carbons (Fsp3) is 0.385. The van der Waals surface area contributed by atoms with Crippen molar-refractivity contribution in [2.75, 3.05) is 6.54 Å². The van der Waals surface area contributed by atoms with Crippen LogP contribution in [0, 0.1) is 0 Å². The van der Waals surface area contributed by atoms with Gasteiger partial charge in [-0.3, -0.25) is 0 Å². The van der Waals surface area contributed by atoms with Crippen LogP contribution in [0.1, 0.15) is 30.3 Å². The normalized spacial score (nSPS) is 17.7. The van der Waals surface area contributed by atoms with E-state index >= 15 is 0 Å². The molecule has 2 aromatic rings. The van der Waals surface area contributed by atoms with Gasteiger partial charge in [0.1, 0.15) is 0 Å². The molecule has 1 aromatic carbocycles. The van der Waals surface area contributed by atoms with Crippen molar-refractivity contribution in [1.82, 2.24) is 15.5 Å². The second-order valence-electron chi connectivity index (χ2n) is 4.58. The van der Waals surface area contributed by atoms with Gasteiger partial charge in [0.2, 0.25) is 5.89 Å². The SMILES string of the molecule is Clc1ccc(CSc2nnc([C@@H]3CCCN3)o2)c(Cl)c1.[Cl-]. The van der Waals surface area contributed by atoms with Crippen LogP contribution in [-0.4, -0.2) is 16.7 Å². The second kappa shape index (κ2) is 7.70. The summed E-state index contributed by atoms with van der Waals surface area (Å²) in [6.07, 6.45) is 2.20. The molecule has 3 rings (SSSR count). The summed E-state index contributed by atoms with van der Waals surface area (Å²) in [6.45, 7) is 1.01. The Kier molecular flexibility index (Phi) is 6.20. The molecule has 1 aromatic heterocycles. The van der Waals surface area contributed by atoms with Crippen molar-refractivity contribution < 1.29 is 16.8 Å². The molecule has 1 N–H and O–H groups in total. The highest BCUT2D eigenvalue weighted by molar-refractivity contribution is 7.98. The van der Waals surface area contributed by atoms with Crippen LogP contribution in [0.3, 0.4) is 0 Å². The number of hydrogen-bond donors (Lipinski definition) is 1. The molecule has 8 heteroatoms. The van der Waals surface area contributed by atoms with E-state index in [1.54, 1.807) is 6.07 Å². The summed E-state index contributed by atoms with van der Waals surface area (Å²) in [7, 11) is 0. The molecule has 1 fully saturated rings. The molecule has 1 atom stereocenters. The molecule has 21 heavy (non-hydrogen) atoms. The summed E-state index contributed by atoms with van der Waals surface area (Å²) >= 11 is 13.5. The fourth-order valence-corrected chi connectivity index (χ4v) is 3.42. The average molecular weight is 366 g/mol. The van der Waals surface area contributed by atoms with Crippen molar-refractivity contribution in [2.24, 2.45) is 0 Å². The van der Waals surface area contributed by atoms with Gasteiger partial charge in [-0.05, 0) is 37.1 Å². The number of benzene rings is 1. The van der Waals surface area contributed by atoms with E-state index in [-0.39, 0.29) is 18.4 Å². The van der Waals surface area contributed by atoms with Crippen molar-refractivity contribution in [3.05, 3.63) is 39.7 Å². The highest BCUT2D eigenvalue weighted by atomic mass is 35.5. The van der Waals surface area contributed by atoms with E-state index in [9.17, 15) is 0 Å². The first-order valence-corrected chi connectivity index (χ1v) is 8.10. The highest BCUT2D eigenvalue weighted by Crippen LogP contribution is 2.29. The van der Waals surface area contributed by atoms with Crippen LogP contribution in [0.15, 0.2) is 27.8 Å². The Hall–Kier alpha value is -0.460. The van der Waals surface area contributed by atoms with Crippen LogP contribution in [-0.2, 0) is 5.75 Å². The molecule has 1 saturated heterocycles. The molecule has 0 radical (unpaired) electrons. The standard InChI is InChI=1S/C13H13Cl2N3OS.ClH/c14-9-4-3-8(10(15)6-9)7-20-13-18-17-12(19-13)11-2-1-5-16-11;/h3-4,6,11,16H,1-2,5,7H2;1H/p-1/t11-;/m0./s1. The van der Waals surface area contributed by atoms with Crippen molar-refractivity contribution in [2.45, 2.75) is 29.9 Å². The third-order valence-electron chi connectivity index (χ3n) is 3.15. The number of halogens is 3.